The number of thiazole rings is 1. The lowest BCUT2D eigenvalue weighted by atomic mass is 9.77. The Labute approximate surface area is 221 Å². The van der Waals surface area contributed by atoms with Gasteiger partial charge in [0.15, 0.2) is 0 Å². The molecule has 0 spiro atoms. The highest BCUT2D eigenvalue weighted by Gasteiger charge is 2.52. The third-order valence-electron chi connectivity index (χ3n) is 7.37. The van der Waals surface area contributed by atoms with Crippen LogP contribution in [0.3, 0.4) is 0 Å². The van der Waals surface area contributed by atoms with Gasteiger partial charge in [-0.25, -0.2) is 9.78 Å². The van der Waals surface area contributed by atoms with Crippen LogP contribution in [0.1, 0.15) is 54.6 Å². The number of aromatic nitrogens is 1. The zero-order valence-corrected chi connectivity index (χ0v) is 22.3. The molecule has 2 heterocycles. The van der Waals surface area contributed by atoms with Crippen LogP contribution in [0.15, 0.2) is 60.2 Å². The van der Waals surface area contributed by atoms with E-state index in [9.17, 15) is 9.90 Å². The molecule has 0 atom stereocenters. The first-order valence-corrected chi connectivity index (χ1v) is 13.2. The highest BCUT2D eigenvalue weighted by molar-refractivity contribution is 7.12. The second kappa shape index (κ2) is 10.1. The lowest BCUT2D eigenvalue weighted by Gasteiger charge is -2.32. The van der Waals surface area contributed by atoms with Crippen molar-refractivity contribution < 1.29 is 23.9 Å². The number of ether oxygens (including phenoxy) is 1. The van der Waals surface area contributed by atoms with Gasteiger partial charge in [-0.05, 0) is 61.5 Å². The summed E-state index contributed by atoms with van der Waals surface area (Å²) in [6.07, 6.45) is 2.96. The summed E-state index contributed by atoms with van der Waals surface area (Å²) in [7, 11) is -0.652. The van der Waals surface area contributed by atoms with Gasteiger partial charge in [0.25, 0.3) is 0 Å². The van der Waals surface area contributed by atoms with Crippen molar-refractivity contribution in [2.75, 3.05) is 13.2 Å². The van der Waals surface area contributed by atoms with Crippen LogP contribution in [-0.2, 0) is 20.7 Å². The molecule has 1 aliphatic carbocycles. The van der Waals surface area contributed by atoms with Gasteiger partial charge >= 0.3 is 13.2 Å². The molecule has 1 aromatic heterocycles. The van der Waals surface area contributed by atoms with Gasteiger partial charge in [-0.15, -0.1) is 11.3 Å². The summed E-state index contributed by atoms with van der Waals surface area (Å²) in [5, 5.41) is 13.0. The predicted octanol–water partition coefficient (Wildman–Crippen LogP) is 5.19. The van der Waals surface area contributed by atoms with E-state index in [2.05, 4.69) is 34.6 Å². The Morgan fingerprint density at radius 3 is 2.24 bits per heavy atom. The predicted molar refractivity (Wildman–Crippen MR) is 145 cm³/mol. The molecule has 2 aromatic carbocycles. The first-order valence-electron chi connectivity index (χ1n) is 12.4. The fraction of sp³-hybridized carbons (Fsp3) is 0.357. The highest BCUT2D eigenvalue weighted by atomic mass is 32.1. The molecule has 0 unspecified atom stereocenters. The number of alkyl carbamates (subject to hydrolysis) is 1. The van der Waals surface area contributed by atoms with Crippen LogP contribution in [-0.4, -0.2) is 47.7 Å². The minimum atomic E-state index is -0.652. The molecule has 3 aromatic rings. The monoisotopic (exact) mass is 518 g/mol. The van der Waals surface area contributed by atoms with Crippen molar-refractivity contribution in [2.24, 2.45) is 0 Å². The van der Waals surface area contributed by atoms with Gasteiger partial charge in [0.2, 0.25) is 0 Å². The number of carbonyl (C=O) groups excluding carboxylic acids is 1. The van der Waals surface area contributed by atoms with Gasteiger partial charge in [0.1, 0.15) is 11.6 Å². The third kappa shape index (κ3) is 5.09. The van der Waals surface area contributed by atoms with E-state index in [0.29, 0.717) is 10.5 Å². The highest BCUT2D eigenvalue weighted by Crippen LogP contribution is 2.44. The number of benzene rings is 2. The van der Waals surface area contributed by atoms with E-state index >= 15 is 0 Å². The van der Waals surface area contributed by atoms with Crippen molar-refractivity contribution in [1.82, 2.24) is 10.3 Å². The van der Waals surface area contributed by atoms with Gasteiger partial charge < -0.3 is 24.5 Å². The van der Waals surface area contributed by atoms with Gasteiger partial charge in [0.05, 0.1) is 22.7 Å². The summed E-state index contributed by atoms with van der Waals surface area (Å²) >= 11 is 1.38. The quantitative estimate of drug-likeness (QED) is 0.419. The van der Waals surface area contributed by atoms with E-state index in [1.54, 1.807) is 6.20 Å². The van der Waals surface area contributed by atoms with Crippen molar-refractivity contribution >= 4 is 30.6 Å². The van der Waals surface area contributed by atoms with Crippen LogP contribution < -0.4 is 5.32 Å². The average molecular weight is 518 g/mol. The molecule has 192 valence electrons. The summed E-state index contributed by atoms with van der Waals surface area (Å²) < 4.78 is 18.2. The van der Waals surface area contributed by atoms with Crippen LogP contribution in [0.2, 0.25) is 0 Å². The zero-order chi connectivity index (χ0) is 26.2. The topological polar surface area (TPSA) is 89.9 Å². The Kier molecular flexibility index (Phi) is 6.98. The summed E-state index contributed by atoms with van der Waals surface area (Å²) in [5.74, 6) is -0.0107. The molecule has 1 aliphatic heterocycles. The van der Waals surface area contributed by atoms with Crippen LogP contribution in [0.25, 0.3) is 17.2 Å². The molecule has 1 amide bonds. The molecule has 0 bridgehead atoms. The molecule has 37 heavy (non-hydrogen) atoms. The maximum absolute atomic E-state index is 12.8. The molecular weight excluding hydrogens is 487 g/mol. The SMILES string of the molecule is CC1(C)OB(C(=Cc2ncc(CO)s2)CNC(=O)OCC2c3ccccc3-c3ccccc32)OC1(C)C. The number of hydrogen-bond acceptors (Lipinski definition) is 7. The fourth-order valence-corrected chi connectivity index (χ4v) is 5.40. The Bertz CT molecular complexity index is 1270. The molecule has 7 nitrogen and oxygen atoms in total. The Morgan fingerprint density at radius 2 is 1.68 bits per heavy atom. The molecule has 2 aliphatic rings. The average Bonchev–Trinajstić information content (AvgIpc) is 3.52. The summed E-state index contributed by atoms with van der Waals surface area (Å²) in [4.78, 5) is 17.9. The van der Waals surface area contributed by atoms with Gasteiger partial charge in [-0.3, -0.25) is 0 Å². The Balaban J connectivity index is 1.28. The van der Waals surface area contributed by atoms with Crippen molar-refractivity contribution in [3.63, 3.8) is 0 Å². The van der Waals surface area contributed by atoms with E-state index in [-0.39, 0.29) is 25.7 Å². The number of nitrogens with zero attached hydrogens (tertiary/aromatic N) is 1. The zero-order valence-electron chi connectivity index (χ0n) is 21.5. The maximum Gasteiger partial charge on any atom is 0.492 e. The lowest BCUT2D eigenvalue weighted by Crippen LogP contribution is -2.41. The summed E-state index contributed by atoms with van der Waals surface area (Å²) in [6, 6.07) is 16.5. The number of hydrogen-bond donors (Lipinski definition) is 2. The molecule has 2 N–H and O–H groups in total. The smallest absolute Gasteiger partial charge is 0.449 e. The van der Waals surface area contributed by atoms with Crippen molar-refractivity contribution in [3.05, 3.63) is 81.2 Å². The summed E-state index contributed by atoms with van der Waals surface area (Å²) in [5.41, 5.74) is 4.35. The molecule has 0 saturated carbocycles. The van der Waals surface area contributed by atoms with E-state index in [1.165, 1.54) is 22.5 Å². The Morgan fingerprint density at radius 1 is 1.08 bits per heavy atom. The summed E-state index contributed by atoms with van der Waals surface area (Å²) in [6.45, 7) is 8.26. The molecule has 1 fully saturated rings. The van der Waals surface area contributed by atoms with Crippen molar-refractivity contribution in [3.8, 4) is 11.1 Å². The number of aliphatic hydroxyl groups is 1. The number of aliphatic hydroxyl groups excluding tert-OH is 1. The molecule has 9 heteroatoms. The molecule has 1 saturated heterocycles. The largest absolute Gasteiger partial charge is 0.492 e. The van der Waals surface area contributed by atoms with Crippen LogP contribution in [0, 0.1) is 0 Å². The van der Waals surface area contributed by atoms with Crippen LogP contribution >= 0.6 is 11.3 Å². The van der Waals surface area contributed by atoms with E-state index in [4.69, 9.17) is 14.0 Å². The van der Waals surface area contributed by atoms with Crippen LogP contribution in [0.4, 0.5) is 4.79 Å². The molecule has 5 rings (SSSR count). The van der Waals surface area contributed by atoms with Crippen molar-refractivity contribution in [1.29, 1.82) is 0 Å². The number of rotatable bonds is 7. The van der Waals surface area contributed by atoms with Gasteiger partial charge in [0, 0.05) is 18.7 Å². The minimum Gasteiger partial charge on any atom is -0.449 e. The van der Waals surface area contributed by atoms with Crippen LogP contribution in [0.5, 0.6) is 0 Å². The minimum absolute atomic E-state index is 0.0107. The van der Waals surface area contributed by atoms with E-state index < -0.39 is 24.4 Å². The lowest BCUT2D eigenvalue weighted by molar-refractivity contribution is 0.00578. The first-order chi connectivity index (χ1) is 17.7. The fourth-order valence-electron chi connectivity index (χ4n) is 4.64. The van der Waals surface area contributed by atoms with Gasteiger partial charge in [-0.1, -0.05) is 48.5 Å². The van der Waals surface area contributed by atoms with Gasteiger partial charge in [-0.2, -0.15) is 0 Å². The Hall–Kier alpha value is -2.98. The normalized spacial score (nSPS) is 18.0. The molecule has 0 radical (unpaired) electrons. The first kappa shape index (κ1) is 25.7. The number of carbonyl (C=O) groups is 1. The number of nitrogens with one attached hydrogen (secondary N) is 1. The standard InChI is InChI=1S/C28H31BN2O5S/c1-27(2)28(3,4)36-29(35-27)18(13-25-30-15-19(16-32)37-25)14-31-26(33)34-17-24-22-11-7-5-9-20(22)21-10-6-8-12-23(21)24/h5-13,15,24,32H,14,16-17H2,1-4H3,(H,31,33). The number of fused-ring (bicyclic) bond motifs is 3. The number of amides is 1. The molecular formula is C28H31BN2O5S. The second-order valence-corrected chi connectivity index (χ2v) is 11.5. The second-order valence-electron chi connectivity index (χ2n) is 10.3. The van der Waals surface area contributed by atoms with E-state index in [1.807, 2.05) is 58.0 Å². The van der Waals surface area contributed by atoms with E-state index in [0.717, 1.165) is 16.0 Å². The van der Waals surface area contributed by atoms with Crippen molar-refractivity contribution in [2.45, 2.75) is 51.4 Å². The third-order valence-corrected chi connectivity index (χ3v) is 8.30. The maximum atomic E-state index is 12.8.